The summed E-state index contributed by atoms with van der Waals surface area (Å²) in [6, 6.07) is 6.65. The van der Waals surface area contributed by atoms with Gasteiger partial charge in [-0.2, -0.15) is 0 Å². The van der Waals surface area contributed by atoms with E-state index in [2.05, 4.69) is 0 Å². The lowest BCUT2D eigenvalue weighted by Gasteiger charge is -2.45. The van der Waals surface area contributed by atoms with Crippen LogP contribution < -0.4 is 23.7 Å². The van der Waals surface area contributed by atoms with Crippen LogP contribution in [0.25, 0.3) is 0 Å². The largest absolute Gasteiger partial charge is 0.493 e. The fourth-order valence-corrected chi connectivity index (χ4v) is 7.15. The normalized spacial score (nSPS) is 36.6. The molecule has 2 aromatic rings. The number of ether oxygens (including phenoxy) is 9. The SMILES string of the molecule is COc1cc2c(cc1OC)C1C(=O)c3ccc4c(c3OC1CO2)CC(C(C)(CO)O[C@@H]1OC(CO[C@@H]2OC[C@H](O)C(O)C2O)[C@@H](O)[C@H](O)C1O)O4. The van der Waals surface area contributed by atoms with E-state index in [9.17, 15) is 40.5 Å². The highest BCUT2D eigenvalue weighted by atomic mass is 16.7. The first-order valence-electron chi connectivity index (χ1n) is 16.6. The van der Waals surface area contributed by atoms with Gasteiger partial charge in [0.15, 0.2) is 29.9 Å². The summed E-state index contributed by atoms with van der Waals surface area (Å²) >= 11 is 0. The Bertz CT molecular complexity index is 1620. The number of aliphatic hydroxyl groups is 7. The molecule has 2 aromatic carbocycles. The number of fused-ring (bicyclic) bond motifs is 6. The maximum atomic E-state index is 14.0. The summed E-state index contributed by atoms with van der Waals surface area (Å²) in [5, 5.41) is 72.5. The fourth-order valence-electron chi connectivity index (χ4n) is 7.15. The Hall–Kier alpha value is -3.33. The topological polar surface area (TPSA) is 242 Å². The standard InChI is InChI=1S/C34H42O17/c1-34(12-35,51-33-30(42)28(40)27(39)22(50-33)11-47-32-29(41)26(38)16(36)9-46-32)23-7-15-17(48-23)5-4-13-25(37)24-14-6-19(43-2)20(44-3)8-18(14)45-10-21(24)49-31(13)15/h4-6,8,16,21-24,26-30,32-33,35-36,38-42H,7,9-12H2,1-3H3/t16-,21?,22?,23?,24?,26?,27+,28-,29?,30?,32-,33-,34?/m0/s1. The zero-order valence-corrected chi connectivity index (χ0v) is 28.0. The van der Waals surface area contributed by atoms with Crippen LogP contribution in [0.4, 0.5) is 0 Å². The third-order valence-electron chi connectivity index (χ3n) is 10.2. The zero-order valence-electron chi connectivity index (χ0n) is 28.0. The number of hydrogen-bond acceptors (Lipinski definition) is 17. The third kappa shape index (κ3) is 6.19. The Kier molecular flexibility index (Phi) is 9.83. The minimum Gasteiger partial charge on any atom is -0.493 e. The summed E-state index contributed by atoms with van der Waals surface area (Å²) in [6.07, 6.45) is -15.4. The zero-order chi connectivity index (χ0) is 36.4. The van der Waals surface area contributed by atoms with Crippen molar-refractivity contribution < 1.29 is 83.2 Å². The van der Waals surface area contributed by atoms with E-state index in [0.717, 1.165) is 0 Å². The van der Waals surface area contributed by atoms with E-state index in [4.69, 9.17) is 42.6 Å². The number of aliphatic hydroxyl groups excluding tert-OH is 7. The fraction of sp³-hybridized carbons (Fsp3) is 0.618. The highest BCUT2D eigenvalue weighted by Crippen LogP contribution is 2.50. The van der Waals surface area contributed by atoms with Crippen LogP contribution in [-0.4, -0.2) is 155 Å². The molecule has 0 radical (unpaired) electrons. The van der Waals surface area contributed by atoms with E-state index in [1.54, 1.807) is 24.3 Å². The van der Waals surface area contributed by atoms with Gasteiger partial charge >= 0.3 is 0 Å². The Morgan fingerprint density at radius 3 is 2.31 bits per heavy atom. The molecule has 0 bridgehead atoms. The van der Waals surface area contributed by atoms with E-state index in [0.29, 0.717) is 45.4 Å². The number of carbonyl (C=O) groups excluding carboxylic acids is 1. The molecule has 5 heterocycles. The van der Waals surface area contributed by atoms with Crippen molar-refractivity contribution in [1.82, 2.24) is 0 Å². The number of hydrogen-bond donors (Lipinski definition) is 7. The van der Waals surface area contributed by atoms with Gasteiger partial charge in [-0.3, -0.25) is 4.79 Å². The van der Waals surface area contributed by atoms with Gasteiger partial charge in [-0.15, -0.1) is 0 Å². The molecule has 0 saturated carbocycles. The molecule has 0 aromatic heterocycles. The van der Waals surface area contributed by atoms with Crippen molar-refractivity contribution in [2.75, 3.05) is 40.6 Å². The van der Waals surface area contributed by atoms with Crippen molar-refractivity contribution in [3.8, 4) is 28.7 Å². The van der Waals surface area contributed by atoms with Gasteiger partial charge in [-0.1, -0.05) is 0 Å². The molecule has 0 spiro atoms. The molecule has 7 N–H and O–H groups in total. The molecular formula is C34H42O17. The molecule has 2 saturated heterocycles. The van der Waals surface area contributed by atoms with Gasteiger partial charge in [0.25, 0.3) is 0 Å². The molecule has 5 aliphatic rings. The first-order valence-corrected chi connectivity index (χ1v) is 16.6. The van der Waals surface area contributed by atoms with Gasteiger partial charge < -0.3 is 78.4 Å². The van der Waals surface area contributed by atoms with Gasteiger partial charge in [-0.05, 0) is 25.1 Å². The number of Topliss-reactive ketones (excluding diaryl/α,β-unsaturated/α-hetero) is 1. The monoisotopic (exact) mass is 722 g/mol. The number of ketones is 1. The molecule has 0 aliphatic carbocycles. The van der Waals surface area contributed by atoms with Crippen LogP contribution in [0.5, 0.6) is 28.7 Å². The third-order valence-corrected chi connectivity index (χ3v) is 10.2. The predicted octanol–water partition coefficient (Wildman–Crippen LogP) is -1.84. The van der Waals surface area contributed by atoms with Crippen molar-refractivity contribution >= 4 is 5.78 Å². The van der Waals surface area contributed by atoms with E-state index in [-0.39, 0.29) is 25.4 Å². The lowest BCUT2D eigenvalue weighted by Crippen LogP contribution is -2.63. The molecule has 13 atom stereocenters. The maximum Gasteiger partial charge on any atom is 0.187 e. The van der Waals surface area contributed by atoms with Gasteiger partial charge in [0.05, 0.1) is 45.5 Å². The van der Waals surface area contributed by atoms with Crippen LogP contribution in [0.2, 0.25) is 0 Å². The smallest absolute Gasteiger partial charge is 0.187 e. The molecular weight excluding hydrogens is 680 g/mol. The van der Waals surface area contributed by atoms with Crippen LogP contribution in [-0.2, 0) is 25.4 Å². The molecule has 51 heavy (non-hydrogen) atoms. The lowest BCUT2D eigenvalue weighted by molar-refractivity contribution is -0.345. The molecule has 2 fully saturated rings. The van der Waals surface area contributed by atoms with Crippen LogP contribution in [0.3, 0.4) is 0 Å². The van der Waals surface area contributed by atoms with Crippen LogP contribution in [0.15, 0.2) is 24.3 Å². The van der Waals surface area contributed by atoms with E-state index in [1.807, 2.05) is 0 Å². The molecule has 17 nitrogen and oxygen atoms in total. The van der Waals surface area contributed by atoms with Gasteiger partial charge in [-0.25, -0.2) is 0 Å². The summed E-state index contributed by atoms with van der Waals surface area (Å²) in [6.45, 7) is 0.171. The van der Waals surface area contributed by atoms with Gasteiger partial charge in [0.1, 0.15) is 84.4 Å². The molecule has 8 unspecified atom stereocenters. The van der Waals surface area contributed by atoms with Crippen LogP contribution in [0.1, 0.15) is 34.3 Å². The van der Waals surface area contributed by atoms with Crippen LogP contribution in [0, 0.1) is 0 Å². The minimum absolute atomic E-state index is 0.0914. The van der Waals surface area contributed by atoms with Crippen LogP contribution >= 0.6 is 0 Å². The van der Waals surface area contributed by atoms with E-state index >= 15 is 0 Å². The quantitative estimate of drug-likeness (QED) is 0.150. The summed E-state index contributed by atoms with van der Waals surface area (Å²) in [5.74, 6) is 1.26. The molecule has 17 heteroatoms. The second-order valence-electron chi connectivity index (χ2n) is 13.5. The van der Waals surface area contributed by atoms with Crippen molar-refractivity contribution in [2.45, 2.75) is 92.4 Å². The first-order chi connectivity index (χ1) is 24.4. The number of rotatable bonds is 9. The summed E-state index contributed by atoms with van der Waals surface area (Å²) in [5.41, 5.74) is -0.0572. The number of carbonyl (C=O) groups is 1. The highest BCUT2D eigenvalue weighted by Gasteiger charge is 2.52. The van der Waals surface area contributed by atoms with Gasteiger partial charge in [0, 0.05) is 23.6 Å². The Morgan fingerprint density at radius 2 is 1.59 bits per heavy atom. The summed E-state index contributed by atoms with van der Waals surface area (Å²) in [4.78, 5) is 14.0. The van der Waals surface area contributed by atoms with Gasteiger partial charge in [0.2, 0.25) is 0 Å². The average Bonchev–Trinajstić information content (AvgIpc) is 3.59. The molecule has 7 rings (SSSR count). The van der Waals surface area contributed by atoms with Crippen molar-refractivity contribution in [3.63, 3.8) is 0 Å². The Balaban J connectivity index is 1.07. The lowest BCUT2D eigenvalue weighted by atomic mass is 9.81. The van der Waals surface area contributed by atoms with Crippen molar-refractivity contribution in [2.24, 2.45) is 0 Å². The molecule has 5 aliphatic heterocycles. The second kappa shape index (κ2) is 13.9. The minimum atomic E-state index is -1.77. The number of benzene rings is 2. The predicted molar refractivity (Wildman–Crippen MR) is 168 cm³/mol. The summed E-state index contributed by atoms with van der Waals surface area (Å²) in [7, 11) is 3.01. The van der Waals surface area contributed by atoms with Crippen molar-refractivity contribution in [3.05, 3.63) is 41.0 Å². The Labute approximate surface area is 291 Å². The highest BCUT2D eigenvalue weighted by molar-refractivity contribution is 6.06. The van der Waals surface area contributed by atoms with E-state index < -0.39 is 92.2 Å². The average molecular weight is 723 g/mol. The molecule has 0 amide bonds. The van der Waals surface area contributed by atoms with Crippen molar-refractivity contribution in [1.29, 1.82) is 0 Å². The van der Waals surface area contributed by atoms with E-state index in [1.165, 1.54) is 21.1 Å². The Morgan fingerprint density at radius 1 is 0.863 bits per heavy atom. The first kappa shape index (κ1) is 36.0. The molecule has 280 valence electrons. The summed E-state index contributed by atoms with van der Waals surface area (Å²) < 4.78 is 52.1. The maximum absolute atomic E-state index is 14.0. The number of methoxy groups -OCH3 is 2. The second-order valence-corrected chi connectivity index (χ2v) is 13.5.